The average molecular weight is 280 g/mol. The van der Waals surface area contributed by atoms with Crippen LogP contribution in [0.15, 0.2) is 12.1 Å². The van der Waals surface area contributed by atoms with Gasteiger partial charge in [-0.15, -0.1) is 0 Å². The van der Waals surface area contributed by atoms with Gasteiger partial charge in [-0.25, -0.2) is 8.78 Å². The second kappa shape index (κ2) is 5.04. The van der Waals surface area contributed by atoms with Gasteiger partial charge in [0.25, 0.3) is 5.91 Å². The molecule has 0 unspecified atom stereocenters. The largest absolute Gasteiger partial charge is 0.394 e. The van der Waals surface area contributed by atoms with Gasteiger partial charge in [0.1, 0.15) is 17.3 Å². The van der Waals surface area contributed by atoms with Gasteiger partial charge >= 0.3 is 0 Å². The molecule has 2 aliphatic rings. The number of carbonyl (C=O) groups is 1. The highest BCUT2D eigenvalue weighted by Gasteiger charge is 2.41. The number of rotatable bonds is 5. The molecule has 3 N–H and O–H groups in total. The molecule has 1 aromatic rings. The molecular formula is C15H18F2N2O. The predicted molar refractivity (Wildman–Crippen MR) is 72.0 cm³/mol. The van der Waals surface area contributed by atoms with Crippen molar-refractivity contribution in [3.63, 3.8) is 0 Å². The fraction of sp³-hybridized carbons (Fsp3) is 0.533. The van der Waals surface area contributed by atoms with Gasteiger partial charge in [-0.1, -0.05) is 0 Å². The molecule has 0 heterocycles. The van der Waals surface area contributed by atoms with Crippen molar-refractivity contribution in [2.24, 2.45) is 17.8 Å². The summed E-state index contributed by atoms with van der Waals surface area (Å²) in [5, 5.41) is 2.80. The van der Waals surface area contributed by atoms with E-state index in [1.54, 1.807) is 0 Å². The maximum atomic E-state index is 13.3. The first-order chi connectivity index (χ1) is 9.56. The molecule has 2 fully saturated rings. The quantitative estimate of drug-likeness (QED) is 0.815. The fourth-order valence-corrected chi connectivity index (χ4v) is 2.79. The minimum Gasteiger partial charge on any atom is -0.394 e. The molecule has 0 aromatic heterocycles. The maximum Gasteiger partial charge on any atom is 0.251 e. The Morgan fingerprint density at radius 1 is 1.20 bits per heavy atom. The first-order valence-corrected chi connectivity index (χ1v) is 7.09. The summed E-state index contributed by atoms with van der Waals surface area (Å²) in [5.74, 6) is -0.242. The molecule has 0 saturated heterocycles. The summed E-state index contributed by atoms with van der Waals surface area (Å²) in [6.07, 6.45) is 4.95. The topological polar surface area (TPSA) is 55.1 Å². The zero-order valence-electron chi connectivity index (χ0n) is 11.2. The standard InChI is InChI=1S/C15H18F2N2O/c16-12-5-10(6-13(17)14(12)18)15(20)19-7-11(8-1-2-8)9-3-4-9/h5-6,8-9,11H,1-4,7,18H2,(H,19,20). The van der Waals surface area contributed by atoms with Crippen LogP contribution in [-0.2, 0) is 0 Å². The van der Waals surface area contributed by atoms with Crippen molar-refractivity contribution in [1.29, 1.82) is 0 Å². The summed E-state index contributed by atoms with van der Waals surface area (Å²) in [7, 11) is 0. The van der Waals surface area contributed by atoms with Gasteiger partial charge in [0.15, 0.2) is 0 Å². The lowest BCUT2D eigenvalue weighted by Crippen LogP contribution is -2.31. The molecule has 0 atom stereocenters. The lowest BCUT2D eigenvalue weighted by atomic mass is 9.98. The van der Waals surface area contributed by atoms with Crippen LogP contribution in [0.5, 0.6) is 0 Å². The Morgan fingerprint density at radius 3 is 2.15 bits per heavy atom. The van der Waals surface area contributed by atoms with Crippen molar-refractivity contribution in [2.45, 2.75) is 25.7 Å². The van der Waals surface area contributed by atoms with Crippen molar-refractivity contribution in [2.75, 3.05) is 12.3 Å². The second-order valence-electron chi connectivity index (χ2n) is 5.90. The second-order valence-corrected chi connectivity index (χ2v) is 5.90. The Labute approximate surface area is 116 Å². The number of carbonyl (C=O) groups excluding carboxylic acids is 1. The Morgan fingerprint density at radius 2 is 1.70 bits per heavy atom. The summed E-state index contributed by atoms with van der Waals surface area (Å²) in [5.41, 5.74) is 4.63. The molecule has 5 heteroatoms. The molecule has 0 spiro atoms. The third-order valence-corrected chi connectivity index (χ3v) is 4.29. The number of nitrogens with one attached hydrogen (secondary N) is 1. The molecule has 20 heavy (non-hydrogen) atoms. The highest BCUT2D eigenvalue weighted by Crippen LogP contribution is 2.48. The first kappa shape index (κ1) is 13.3. The lowest BCUT2D eigenvalue weighted by molar-refractivity contribution is 0.0942. The molecule has 1 aromatic carbocycles. The minimum atomic E-state index is -0.893. The third-order valence-electron chi connectivity index (χ3n) is 4.29. The zero-order chi connectivity index (χ0) is 14.3. The van der Waals surface area contributed by atoms with Crippen molar-refractivity contribution >= 4 is 11.6 Å². The highest BCUT2D eigenvalue weighted by molar-refractivity contribution is 5.94. The van der Waals surface area contributed by atoms with Gasteiger partial charge in [0.2, 0.25) is 0 Å². The number of hydrogen-bond acceptors (Lipinski definition) is 2. The summed E-state index contributed by atoms with van der Waals surface area (Å²) < 4.78 is 26.7. The van der Waals surface area contributed by atoms with E-state index in [2.05, 4.69) is 5.32 Å². The van der Waals surface area contributed by atoms with Crippen LogP contribution in [0, 0.1) is 29.4 Å². The van der Waals surface area contributed by atoms with E-state index in [0.29, 0.717) is 12.5 Å². The van der Waals surface area contributed by atoms with Crippen LogP contribution in [0.2, 0.25) is 0 Å². The smallest absolute Gasteiger partial charge is 0.251 e. The molecule has 108 valence electrons. The molecular weight excluding hydrogens is 262 g/mol. The van der Waals surface area contributed by atoms with E-state index < -0.39 is 23.2 Å². The summed E-state index contributed by atoms with van der Waals surface area (Å²) >= 11 is 0. The Kier molecular flexibility index (Phi) is 3.36. The van der Waals surface area contributed by atoms with Gasteiger partial charge < -0.3 is 11.1 Å². The molecule has 2 saturated carbocycles. The molecule has 0 bridgehead atoms. The number of nitrogen functional groups attached to an aromatic ring is 1. The van der Waals surface area contributed by atoms with Crippen molar-refractivity contribution in [3.05, 3.63) is 29.3 Å². The highest BCUT2D eigenvalue weighted by atomic mass is 19.1. The molecule has 0 aliphatic heterocycles. The van der Waals surface area contributed by atoms with E-state index in [1.807, 2.05) is 0 Å². The van der Waals surface area contributed by atoms with Gasteiger partial charge in [-0.3, -0.25) is 4.79 Å². The van der Waals surface area contributed by atoms with Gasteiger partial charge in [0, 0.05) is 12.1 Å². The Balaban J connectivity index is 1.63. The number of anilines is 1. The number of halogens is 2. The number of nitrogens with two attached hydrogens (primary N) is 1. The zero-order valence-corrected chi connectivity index (χ0v) is 11.2. The van der Waals surface area contributed by atoms with Crippen molar-refractivity contribution in [1.82, 2.24) is 5.32 Å². The van der Waals surface area contributed by atoms with Crippen molar-refractivity contribution < 1.29 is 13.6 Å². The van der Waals surface area contributed by atoms with Crippen LogP contribution in [0.1, 0.15) is 36.0 Å². The summed E-state index contributed by atoms with van der Waals surface area (Å²) in [6.45, 7) is 0.599. The van der Waals surface area contributed by atoms with E-state index in [1.165, 1.54) is 25.7 Å². The van der Waals surface area contributed by atoms with Crippen LogP contribution >= 0.6 is 0 Å². The molecule has 0 radical (unpaired) electrons. The summed E-state index contributed by atoms with van der Waals surface area (Å²) in [6, 6.07) is 1.97. The molecule has 3 nitrogen and oxygen atoms in total. The van der Waals surface area contributed by atoms with Gasteiger partial charge in [0.05, 0.1) is 0 Å². The average Bonchev–Trinajstić information content (AvgIpc) is 3.26. The monoisotopic (exact) mass is 280 g/mol. The van der Waals surface area contributed by atoms with E-state index in [-0.39, 0.29) is 5.56 Å². The van der Waals surface area contributed by atoms with E-state index in [0.717, 1.165) is 24.0 Å². The van der Waals surface area contributed by atoms with Crippen LogP contribution in [0.4, 0.5) is 14.5 Å². The normalized spacial score (nSPS) is 18.4. The van der Waals surface area contributed by atoms with Crippen LogP contribution in [0.25, 0.3) is 0 Å². The maximum absolute atomic E-state index is 13.3. The van der Waals surface area contributed by atoms with Gasteiger partial charge in [-0.2, -0.15) is 0 Å². The SMILES string of the molecule is Nc1c(F)cc(C(=O)NCC(C2CC2)C2CC2)cc1F. The first-order valence-electron chi connectivity index (χ1n) is 7.09. The lowest BCUT2D eigenvalue weighted by Gasteiger charge is -2.16. The number of amides is 1. The third kappa shape index (κ3) is 2.76. The van der Waals surface area contributed by atoms with Crippen molar-refractivity contribution in [3.8, 4) is 0 Å². The van der Waals surface area contributed by atoms with E-state index >= 15 is 0 Å². The molecule has 3 rings (SSSR count). The minimum absolute atomic E-state index is 0.0143. The van der Waals surface area contributed by atoms with Gasteiger partial charge in [-0.05, 0) is 55.6 Å². The summed E-state index contributed by atoms with van der Waals surface area (Å²) in [4.78, 5) is 12.0. The number of hydrogen-bond donors (Lipinski definition) is 2. The Hall–Kier alpha value is -1.65. The molecule has 2 aliphatic carbocycles. The van der Waals surface area contributed by atoms with Crippen LogP contribution < -0.4 is 11.1 Å². The van der Waals surface area contributed by atoms with Crippen LogP contribution in [0.3, 0.4) is 0 Å². The fourth-order valence-electron chi connectivity index (χ4n) is 2.79. The van der Waals surface area contributed by atoms with Crippen LogP contribution in [-0.4, -0.2) is 12.5 Å². The number of benzene rings is 1. The molecule has 1 amide bonds. The van der Waals surface area contributed by atoms with E-state index in [9.17, 15) is 13.6 Å². The Bertz CT molecular complexity index is 504. The van der Waals surface area contributed by atoms with E-state index in [4.69, 9.17) is 5.73 Å². The predicted octanol–water partition coefficient (Wildman–Crippen LogP) is 2.71.